The van der Waals surface area contributed by atoms with Gasteiger partial charge in [-0.05, 0) is 6.07 Å². The minimum absolute atomic E-state index is 0.113. The van der Waals surface area contributed by atoms with Gasteiger partial charge < -0.3 is 10.1 Å². The van der Waals surface area contributed by atoms with Crippen LogP contribution in [-0.2, 0) is 11.2 Å². The number of rotatable bonds is 3. The third-order valence-corrected chi connectivity index (χ3v) is 3.82. The zero-order chi connectivity index (χ0) is 13.9. The Hall–Kier alpha value is -1.95. The van der Waals surface area contributed by atoms with Crippen LogP contribution in [0.25, 0.3) is 0 Å². The molecule has 0 aliphatic carbocycles. The highest BCUT2D eigenvalue weighted by atomic mass is 32.1. The molecule has 3 rings (SSSR count). The molecule has 1 aromatic carbocycles. The number of ether oxygens (including phenoxy) is 1. The van der Waals surface area contributed by atoms with Crippen LogP contribution in [0.3, 0.4) is 0 Å². The lowest BCUT2D eigenvalue weighted by Crippen LogP contribution is -2.33. The molecule has 4 nitrogen and oxygen atoms in total. The Morgan fingerprint density at radius 1 is 1.55 bits per heavy atom. The molecule has 1 unspecified atom stereocenters. The van der Waals surface area contributed by atoms with Crippen LogP contribution in [0.5, 0.6) is 5.75 Å². The summed E-state index contributed by atoms with van der Waals surface area (Å²) >= 11 is 1.46. The number of benzene rings is 1. The monoisotopic (exact) mass is 292 g/mol. The zero-order valence-corrected chi connectivity index (χ0v) is 11.5. The fraction of sp³-hybridized carbons (Fsp3) is 0.286. The second kappa shape index (κ2) is 5.58. The van der Waals surface area contributed by atoms with Crippen molar-refractivity contribution in [2.75, 3.05) is 6.61 Å². The van der Waals surface area contributed by atoms with E-state index in [4.69, 9.17) is 4.74 Å². The van der Waals surface area contributed by atoms with E-state index in [1.807, 2.05) is 5.38 Å². The second-order valence-corrected chi connectivity index (χ2v) is 5.29. The van der Waals surface area contributed by atoms with Crippen molar-refractivity contribution in [2.45, 2.75) is 18.9 Å². The van der Waals surface area contributed by atoms with E-state index in [1.165, 1.54) is 17.4 Å². The van der Waals surface area contributed by atoms with Gasteiger partial charge >= 0.3 is 0 Å². The zero-order valence-electron chi connectivity index (χ0n) is 10.6. The molecule has 0 radical (unpaired) electrons. The molecule has 0 saturated carbocycles. The molecule has 0 saturated heterocycles. The van der Waals surface area contributed by atoms with Gasteiger partial charge in [-0.15, -0.1) is 11.3 Å². The van der Waals surface area contributed by atoms with Crippen LogP contribution in [0.15, 0.2) is 29.1 Å². The lowest BCUT2D eigenvalue weighted by Gasteiger charge is -2.26. The van der Waals surface area contributed by atoms with E-state index in [0.717, 1.165) is 5.69 Å². The van der Waals surface area contributed by atoms with Gasteiger partial charge in [0, 0.05) is 17.4 Å². The van der Waals surface area contributed by atoms with Gasteiger partial charge in [-0.25, -0.2) is 9.37 Å². The summed E-state index contributed by atoms with van der Waals surface area (Å²) in [6.45, 7) is 0.398. The predicted octanol–water partition coefficient (Wildman–Crippen LogP) is 2.46. The Bertz CT molecular complexity index is 616. The van der Waals surface area contributed by atoms with Crippen molar-refractivity contribution in [3.8, 4) is 5.75 Å². The van der Waals surface area contributed by atoms with Crippen molar-refractivity contribution in [2.24, 2.45) is 0 Å². The second-order valence-electron chi connectivity index (χ2n) is 4.57. The molecule has 2 aromatic rings. The fourth-order valence-corrected chi connectivity index (χ4v) is 2.83. The van der Waals surface area contributed by atoms with Crippen LogP contribution in [0.2, 0.25) is 0 Å². The van der Waals surface area contributed by atoms with E-state index in [1.54, 1.807) is 17.6 Å². The molecule has 20 heavy (non-hydrogen) atoms. The first-order valence-electron chi connectivity index (χ1n) is 6.31. The van der Waals surface area contributed by atoms with Gasteiger partial charge in [-0.3, -0.25) is 4.79 Å². The lowest BCUT2D eigenvalue weighted by molar-refractivity contribution is -0.121. The summed E-state index contributed by atoms with van der Waals surface area (Å²) < 4.78 is 19.0. The number of aromatic nitrogens is 1. The number of hydrogen-bond acceptors (Lipinski definition) is 4. The number of fused-ring (bicyclic) bond motifs is 1. The number of halogens is 1. The number of hydrogen-bond donors (Lipinski definition) is 1. The highest BCUT2D eigenvalue weighted by Gasteiger charge is 2.25. The van der Waals surface area contributed by atoms with Crippen molar-refractivity contribution >= 4 is 17.2 Å². The van der Waals surface area contributed by atoms with Gasteiger partial charge in [-0.1, -0.05) is 12.1 Å². The topological polar surface area (TPSA) is 51.2 Å². The Balaban J connectivity index is 1.73. The molecule has 0 spiro atoms. The first kappa shape index (κ1) is 13.1. The maximum absolute atomic E-state index is 13.6. The van der Waals surface area contributed by atoms with E-state index in [-0.39, 0.29) is 29.9 Å². The Morgan fingerprint density at radius 2 is 2.45 bits per heavy atom. The van der Waals surface area contributed by atoms with E-state index < -0.39 is 0 Å². The molecule has 104 valence electrons. The van der Waals surface area contributed by atoms with Gasteiger partial charge in [0.1, 0.15) is 0 Å². The van der Waals surface area contributed by atoms with E-state index in [2.05, 4.69) is 10.3 Å². The van der Waals surface area contributed by atoms with Crippen LogP contribution < -0.4 is 10.1 Å². The quantitative estimate of drug-likeness (QED) is 0.945. The van der Waals surface area contributed by atoms with Crippen LogP contribution in [0.4, 0.5) is 4.39 Å². The molecule has 1 amide bonds. The standard InChI is InChI=1S/C14H13FN2O2S/c15-11-3-1-2-10-12(4-5-19-14(10)11)17-13(18)6-9-7-20-8-16-9/h1-3,7-8,12H,4-6H2,(H,17,18). The van der Waals surface area contributed by atoms with Gasteiger partial charge in [0.05, 0.1) is 30.3 Å². The minimum Gasteiger partial charge on any atom is -0.490 e. The summed E-state index contributed by atoms with van der Waals surface area (Å²) in [7, 11) is 0. The average molecular weight is 292 g/mol. The highest BCUT2D eigenvalue weighted by molar-refractivity contribution is 7.07. The van der Waals surface area contributed by atoms with Crippen LogP contribution >= 0.6 is 11.3 Å². The summed E-state index contributed by atoms with van der Waals surface area (Å²) in [5.41, 5.74) is 3.14. The van der Waals surface area contributed by atoms with Crippen molar-refractivity contribution in [1.82, 2.24) is 10.3 Å². The van der Waals surface area contributed by atoms with E-state index >= 15 is 0 Å². The molecule has 1 aliphatic rings. The maximum Gasteiger partial charge on any atom is 0.226 e. The Labute approximate surface area is 119 Å². The first-order valence-corrected chi connectivity index (χ1v) is 7.26. The SMILES string of the molecule is O=C(Cc1cscn1)NC1CCOc2c(F)cccc21. The summed E-state index contributed by atoms with van der Waals surface area (Å²) in [5, 5.41) is 4.76. The van der Waals surface area contributed by atoms with Crippen LogP contribution in [-0.4, -0.2) is 17.5 Å². The lowest BCUT2D eigenvalue weighted by atomic mass is 10.00. The van der Waals surface area contributed by atoms with E-state index in [0.29, 0.717) is 18.6 Å². The molecule has 1 aromatic heterocycles. The normalized spacial score (nSPS) is 17.1. The number of thiazole rings is 1. The number of carbonyl (C=O) groups is 1. The maximum atomic E-state index is 13.6. The number of nitrogens with zero attached hydrogens (tertiary/aromatic N) is 1. The number of para-hydroxylation sites is 1. The average Bonchev–Trinajstić information content (AvgIpc) is 2.93. The first-order chi connectivity index (χ1) is 9.74. The predicted molar refractivity (Wildman–Crippen MR) is 73.2 cm³/mol. The molecule has 1 N–H and O–H groups in total. The number of amides is 1. The van der Waals surface area contributed by atoms with E-state index in [9.17, 15) is 9.18 Å². The van der Waals surface area contributed by atoms with Crippen molar-refractivity contribution in [1.29, 1.82) is 0 Å². The van der Waals surface area contributed by atoms with Gasteiger partial charge in [0.25, 0.3) is 0 Å². The van der Waals surface area contributed by atoms with Crippen LogP contribution in [0, 0.1) is 5.82 Å². The summed E-state index contributed by atoms with van der Waals surface area (Å²) in [6.07, 6.45) is 0.880. The molecule has 2 heterocycles. The molecule has 0 fully saturated rings. The minimum atomic E-state index is -0.388. The highest BCUT2D eigenvalue weighted by Crippen LogP contribution is 2.33. The van der Waals surface area contributed by atoms with Gasteiger partial charge in [0.2, 0.25) is 5.91 Å². The third-order valence-electron chi connectivity index (χ3n) is 3.19. The molecule has 1 aliphatic heterocycles. The molecular formula is C14H13FN2O2S. The molecule has 1 atom stereocenters. The van der Waals surface area contributed by atoms with Crippen LogP contribution in [0.1, 0.15) is 23.7 Å². The van der Waals surface area contributed by atoms with Crippen molar-refractivity contribution < 1.29 is 13.9 Å². The number of carbonyl (C=O) groups excluding carboxylic acids is 1. The smallest absolute Gasteiger partial charge is 0.226 e. The molecule has 6 heteroatoms. The molecule has 0 bridgehead atoms. The largest absolute Gasteiger partial charge is 0.490 e. The summed E-state index contributed by atoms with van der Waals surface area (Å²) in [5.74, 6) is -0.253. The van der Waals surface area contributed by atoms with Crippen molar-refractivity contribution in [3.63, 3.8) is 0 Å². The molecular weight excluding hydrogens is 279 g/mol. The Morgan fingerprint density at radius 3 is 3.25 bits per heavy atom. The summed E-state index contributed by atoms with van der Waals surface area (Å²) in [4.78, 5) is 16.1. The van der Waals surface area contributed by atoms with Gasteiger partial charge in [-0.2, -0.15) is 0 Å². The fourth-order valence-electron chi connectivity index (χ4n) is 2.27. The number of nitrogens with one attached hydrogen (secondary N) is 1. The third kappa shape index (κ3) is 2.65. The van der Waals surface area contributed by atoms with Gasteiger partial charge in [0.15, 0.2) is 11.6 Å². The van der Waals surface area contributed by atoms with Crippen molar-refractivity contribution in [3.05, 3.63) is 46.2 Å². The Kier molecular flexibility index (Phi) is 3.64. The summed E-state index contributed by atoms with van der Waals surface area (Å²) in [6, 6.07) is 4.56.